The highest BCUT2D eigenvalue weighted by Gasteiger charge is 2.14. The van der Waals surface area contributed by atoms with Crippen molar-refractivity contribution in [2.75, 3.05) is 5.32 Å². The monoisotopic (exact) mass is 576 g/mol. The van der Waals surface area contributed by atoms with Gasteiger partial charge in [-0.2, -0.15) is 0 Å². The molecule has 0 saturated heterocycles. The maximum Gasteiger partial charge on any atom is 0.0894 e. The third-order valence-corrected chi connectivity index (χ3v) is 6.69. The summed E-state index contributed by atoms with van der Waals surface area (Å²) in [6, 6.07) is 31.1. The topological polar surface area (TPSA) is 24.9 Å². The number of para-hydroxylation sites is 1. The molecule has 0 saturated carbocycles. The number of pyridine rings is 1. The number of nitrogens with one attached hydrogen (secondary N) is 1. The second-order valence-electron chi connectivity index (χ2n) is 7.82. The van der Waals surface area contributed by atoms with Crippen LogP contribution in [0.2, 0.25) is 5.02 Å². The number of hydrogen-bond acceptors (Lipinski definition) is 2. The Morgan fingerprint density at radius 1 is 0.758 bits per heavy atom. The molecule has 0 amide bonds. The number of hydrogen-bond donors (Lipinski definition) is 1. The number of halogens is 3. The predicted octanol–water partition coefficient (Wildman–Crippen LogP) is 9.41. The lowest BCUT2D eigenvalue weighted by Gasteiger charge is -2.16. The lowest BCUT2D eigenvalue weighted by Crippen LogP contribution is -1.97. The van der Waals surface area contributed by atoms with Crippen molar-refractivity contribution in [1.29, 1.82) is 0 Å². The van der Waals surface area contributed by atoms with Gasteiger partial charge < -0.3 is 5.32 Å². The number of anilines is 2. The van der Waals surface area contributed by atoms with E-state index in [4.69, 9.17) is 16.6 Å². The zero-order chi connectivity index (χ0) is 22.8. The molecule has 0 aliphatic heterocycles. The average Bonchev–Trinajstić information content (AvgIpc) is 2.79. The quantitative estimate of drug-likeness (QED) is 0.225. The lowest BCUT2D eigenvalue weighted by molar-refractivity contribution is 1.17. The summed E-state index contributed by atoms with van der Waals surface area (Å²) in [6.45, 7) is 0. The van der Waals surface area contributed by atoms with Crippen LogP contribution in [0.15, 0.2) is 106 Å². The van der Waals surface area contributed by atoms with Crippen LogP contribution >= 0.6 is 43.5 Å². The first kappa shape index (κ1) is 22.1. The number of fused-ring (bicyclic) bond motifs is 1. The van der Waals surface area contributed by atoms with Crippen molar-refractivity contribution in [3.05, 3.63) is 122 Å². The molecule has 5 aromatic rings. The van der Waals surface area contributed by atoms with E-state index in [1.807, 2.05) is 30.5 Å². The van der Waals surface area contributed by atoms with E-state index in [1.54, 1.807) is 0 Å². The minimum absolute atomic E-state index is 0.660. The molecule has 5 heteroatoms. The number of rotatable bonds is 5. The normalized spacial score (nSPS) is 11.0. The Morgan fingerprint density at radius 3 is 2.30 bits per heavy atom. The minimum atomic E-state index is 0.660. The fourth-order valence-electron chi connectivity index (χ4n) is 4.06. The summed E-state index contributed by atoms with van der Waals surface area (Å²) in [6.07, 6.45) is 2.75. The van der Waals surface area contributed by atoms with Crippen LogP contribution in [0.4, 0.5) is 11.4 Å². The van der Waals surface area contributed by atoms with Gasteiger partial charge in [0.05, 0.1) is 10.5 Å². The van der Waals surface area contributed by atoms with Crippen molar-refractivity contribution in [2.45, 2.75) is 6.42 Å². The van der Waals surface area contributed by atoms with Gasteiger partial charge in [-0.25, -0.2) is 0 Å². The number of benzene rings is 4. The molecule has 1 heterocycles. The molecule has 1 aromatic heterocycles. The van der Waals surface area contributed by atoms with Gasteiger partial charge in [-0.1, -0.05) is 98.1 Å². The molecule has 0 spiro atoms. The van der Waals surface area contributed by atoms with Crippen molar-refractivity contribution >= 4 is 65.7 Å². The van der Waals surface area contributed by atoms with Crippen molar-refractivity contribution in [2.24, 2.45) is 0 Å². The molecule has 0 aliphatic carbocycles. The van der Waals surface area contributed by atoms with Gasteiger partial charge in [-0.05, 0) is 65.1 Å². The van der Waals surface area contributed by atoms with E-state index >= 15 is 0 Å². The third kappa shape index (κ3) is 4.98. The van der Waals surface area contributed by atoms with E-state index < -0.39 is 0 Å². The Kier molecular flexibility index (Phi) is 6.50. The Bertz CT molecular complexity index is 1430. The third-order valence-electron chi connectivity index (χ3n) is 5.47. The second-order valence-corrected chi connectivity index (χ2v) is 10.1. The van der Waals surface area contributed by atoms with Crippen LogP contribution in [0, 0.1) is 0 Å². The van der Waals surface area contributed by atoms with Gasteiger partial charge in [0.15, 0.2) is 0 Å². The standard InChI is InChI=1S/C28H19Br2ClN2/c29-21-14-22(30)16-24(15-21)33-23-9-4-8-19(13-23)27-20(12-18-6-2-1-3-7-18)17-32-28-25(27)10-5-11-26(28)31/h1-11,13-17,33H,12H2. The summed E-state index contributed by atoms with van der Waals surface area (Å²) in [5, 5.41) is 5.24. The van der Waals surface area contributed by atoms with Gasteiger partial charge in [0.1, 0.15) is 0 Å². The molecule has 4 aromatic carbocycles. The van der Waals surface area contributed by atoms with Gasteiger partial charge in [0.25, 0.3) is 0 Å². The molecule has 0 radical (unpaired) electrons. The fraction of sp³-hybridized carbons (Fsp3) is 0.0357. The zero-order valence-corrected chi connectivity index (χ0v) is 21.5. The van der Waals surface area contributed by atoms with Crippen LogP contribution in [0.1, 0.15) is 11.1 Å². The van der Waals surface area contributed by atoms with E-state index in [9.17, 15) is 0 Å². The smallest absolute Gasteiger partial charge is 0.0894 e. The summed E-state index contributed by atoms with van der Waals surface area (Å²) in [4.78, 5) is 4.71. The number of nitrogens with zero attached hydrogens (tertiary/aromatic N) is 1. The van der Waals surface area contributed by atoms with E-state index in [0.29, 0.717) is 5.02 Å². The van der Waals surface area contributed by atoms with E-state index in [-0.39, 0.29) is 0 Å². The van der Waals surface area contributed by atoms with E-state index in [2.05, 4.69) is 104 Å². The van der Waals surface area contributed by atoms with Crippen LogP contribution in [0.25, 0.3) is 22.0 Å². The van der Waals surface area contributed by atoms with Gasteiger partial charge in [-0.3, -0.25) is 4.98 Å². The molecular weight excluding hydrogens is 560 g/mol. The van der Waals surface area contributed by atoms with Crippen molar-refractivity contribution in [1.82, 2.24) is 4.98 Å². The van der Waals surface area contributed by atoms with Gasteiger partial charge >= 0.3 is 0 Å². The van der Waals surface area contributed by atoms with Gasteiger partial charge in [0.2, 0.25) is 0 Å². The maximum atomic E-state index is 6.51. The fourth-order valence-corrected chi connectivity index (χ4v) is 5.58. The average molecular weight is 579 g/mol. The number of aromatic nitrogens is 1. The summed E-state index contributed by atoms with van der Waals surface area (Å²) in [7, 11) is 0. The molecule has 2 nitrogen and oxygen atoms in total. The molecule has 0 unspecified atom stereocenters. The minimum Gasteiger partial charge on any atom is -0.355 e. The Morgan fingerprint density at radius 2 is 1.52 bits per heavy atom. The predicted molar refractivity (Wildman–Crippen MR) is 147 cm³/mol. The maximum absolute atomic E-state index is 6.51. The molecule has 5 rings (SSSR count). The Hall–Kier alpha value is -2.66. The summed E-state index contributed by atoms with van der Waals surface area (Å²) < 4.78 is 2.02. The van der Waals surface area contributed by atoms with Gasteiger partial charge in [-0.15, -0.1) is 0 Å². The van der Waals surface area contributed by atoms with Crippen LogP contribution in [-0.2, 0) is 6.42 Å². The first-order valence-corrected chi connectivity index (χ1v) is 12.5. The highest BCUT2D eigenvalue weighted by molar-refractivity contribution is 9.11. The van der Waals surface area contributed by atoms with Crippen LogP contribution in [0.3, 0.4) is 0 Å². The lowest BCUT2D eigenvalue weighted by atomic mass is 9.92. The van der Waals surface area contributed by atoms with Crippen LogP contribution in [0.5, 0.6) is 0 Å². The molecule has 0 bridgehead atoms. The Labute approximate surface area is 214 Å². The molecule has 1 N–H and O–H groups in total. The summed E-state index contributed by atoms with van der Waals surface area (Å²) in [5.41, 5.74) is 7.52. The molecule has 0 aliphatic rings. The van der Waals surface area contributed by atoms with Crippen LogP contribution in [-0.4, -0.2) is 4.98 Å². The first-order valence-electron chi connectivity index (χ1n) is 10.5. The van der Waals surface area contributed by atoms with E-state index in [0.717, 1.165) is 48.8 Å². The van der Waals surface area contributed by atoms with Gasteiger partial charge in [0, 0.05) is 31.9 Å². The molecule has 162 valence electrons. The van der Waals surface area contributed by atoms with Crippen molar-refractivity contribution in [3.8, 4) is 11.1 Å². The molecular formula is C28H19Br2ClN2. The van der Waals surface area contributed by atoms with Crippen LogP contribution < -0.4 is 5.32 Å². The largest absolute Gasteiger partial charge is 0.355 e. The van der Waals surface area contributed by atoms with Crippen molar-refractivity contribution in [3.63, 3.8) is 0 Å². The summed E-state index contributed by atoms with van der Waals surface area (Å²) >= 11 is 13.6. The van der Waals surface area contributed by atoms with Crippen molar-refractivity contribution < 1.29 is 0 Å². The highest BCUT2D eigenvalue weighted by atomic mass is 79.9. The molecule has 33 heavy (non-hydrogen) atoms. The first-order chi connectivity index (χ1) is 16.1. The zero-order valence-electron chi connectivity index (χ0n) is 17.5. The second kappa shape index (κ2) is 9.68. The summed E-state index contributed by atoms with van der Waals surface area (Å²) in [5.74, 6) is 0. The highest BCUT2D eigenvalue weighted by Crippen LogP contribution is 2.36. The molecule has 0 atom stereocenters. The SMILES string of the molecule is Clc1cccc2c(-c3cccc(Nc4cc(Br)cc(Br)c4)c3)c(Cc3ccccc3)cnc12. The van der Waals surface area contributed by atoms with E-state index in [1.165, 1.54) is 11.1 Å². The Balaban J connectivity index is 1.63. The molecule has 0 fully saturated rings.